The number of anilines is 1. The number of hydrogen-bond donors (Lipinski definition) is 2. The summed E-state index contributed by atoms with van der Waals surface area (Å²) in [7, 11) is 5.10. The normalized spacial score (nSPS) is 12.4. The number of nitrogens with zero attached hydrogens (tertiary/aromatic N) is 3. The third kappa shape index (κ3) is 4.11. The van der Waals surface area contributed by atoms with Crippen LogP contribution < -0.4 is 14.8 Å². The van der Waals surface area contributed by atoms with Gasteiger partial charge in [0, 0.05) is 32.5 Å². The van der Waals surface area contributed by atoms with E-state index in [0.29, 0.717) is 43.3 Å². The number of aryl methyl sites for hydroxylation is 1. The van der Waals surface area contributed by atoms with Gasteiger partial charge in [-0.15, -0.1) is 0 Å². The molecule has 1 aromatic carbocycles. The van der Waals surface area contributed by atoms with Gasteiger partial charge in [0.2, 0.25) is 17.7 Å². The standard InChI is InChI=1S/C22H25N5O4/c1-26(21(29)16-7-8-23-20(16)30-3)9-4-10-31-22-17(13-24-27(22)2)14-5-6-18-15(11-14)12-19(28)25-18/h5-8,11,13,23H,4,9-10,12H2,1-3H3,(H,25,28). The summed E-state index contributed by atoms with van der Waals surface area (Å²) in [5.74, 6) is 1.00. The van der Waals surface area contributed by atoms with Gasteiger partial charge in [-0.05, 0) is 35.7 Å². The highest BCUT2D eigenvalue weighted by Gasteiger charge is 2.20. The van der Waals surface area contributed by atoms with E-state index >= 15 is 0 Å². The summed E-state index contributed by atoms with van der Waals surface area (Å²) in [5.41, 5.74) is 4.14. The van der Waals surface area contributed by atoms with Gasteiger partial charge in [-0.1, -0.05) is 6.07 Å². The number of carbonyl (C=O) groups is 2. The first-order valence-corrected chi connectivity index (χ1v) is 10.0. The summed E-state index contributed by atoms with van der Waals surface area (Å²) < 4.78 is 12.9. The molecule has 0 spiro atoms. The molecule has 2 aromatic heterocycles. The van der Waals surface area contributed by atoms with Crippen LogP contribution in [0.3, 0.4) is 0 Å². The molecule has 9 nitrogen and oxygen atoms in total. The van der Waals surface area contributed by atoms with Gasteiger partial charge in [0.05, 0.1) is 31.9 Å². The summed E-state index contributed by atoms with van der Waals surface area (Å²) in [6.07, 6.45) is 4.47. The maximum Gasteiger partial charge on any atom is 0.259 e. The molecule has 0 saturated heterocycles. The second kappa shape index (κ2) is 8.55. The Bertz CT molecular complexity index is 1120. The lowest BCUT2D eigenvalue weighted by molar-refractivity contribution is -0.115. The Morgan fingerprint density at radius 3 is 2.97 bits per heavy atom. The number of H-pyrrole nitrogens is 1. The SMILES string of the molecule is COc1[nH]ccc1C(=O)N(C)CCCOc1c(-c2ccc3c(c2)CC(=O)N3)cnn1C. The molecule has 162 valence electrons. The van der Waals surface area contributed by atoms with Crippen LogP contribution in [0.4, 0.5) is 5.69 Å². The number of hydrogen-bond acceptors (Lipinski definition) is 5. The highest BCUT2D eigenvalue weighted by atomic mass is 16.5. The molecule has 4 rings (SSSR count). The van der Waals surface area contributed by atoms with Crippen molar-refractivity contribution in [3.63, 3.8) is 0 Å². The van der Waals surface area contributed by atoms with Crippen molar-refractivity contribution in [1.82, 2.24) is 19.7 Å². The van der Waals surface area contributed by atoms with Crippen molar-refractivity contribution >= 4 is 17.5 Å². The molecule has 0 saturated carbocycles. The third-order valence-electron chi connectivity index (χ3n) is 5.29. The van der Waals surface area contributed by atoms with Crippen LogP contribution in [0.25, 0.3) is 11.1 Å². The number of fused-ring (bicyclic) bond motifs is 1. The molecule has 0 bridgehead atoms. The highest BCUT2D eigenvalue weighted by molar-refractivity contribution is 5.99. The zero-order chi connectivity index (χ0) is 22.0. The van der Waals surface area contributed by atoms with E-state index in [0.717, 1.165) is 22.4 Å². The molecular formula is C22H25N5O4. The topological polar surface area (TPSA) is 101 Å². The maximum atomic E-state index is 12.6. The first-order valence-electron chi connectivity index (χ1n) is 10.0. The molecule has 0 fully saturated rings. The van der Waals surface area contributed by atoms with Crippen LogP contribution in [0.5, 0.6) is 11.8 Å². The van der Waals surface area contributed by atoms with Crippen molar-refractivity contribution in [2.45, 2.75) is 12.8 Å². The fraction of sp³-hybridized carbons (Fsp3) is 0.318. The van der Waals surface area contributed by atoms with Crippen molar-refractivity contribution in [2.24, 2.45) is 7.05 Å². The lowest BCUT2D eigenvalue weighted by Crippen LogP contribution is -2.28. The first kappa shape index (κ1) is 20.5. The van der Waals surface area contributed by atoms with E-state index in [4.69, 9.17) is 9.47 Å². The van der Waals surface area contributed by atoms with Crippen LogP contribution in [0, 0.1) is 0 Å². The molecule has 1 aliphatic heterocycles. The quantitative estimate of drug-likeness (QED) is 0.542. The Balaban J connectivity index is 1.37. The minimum atomic E-state index is -0.111. The lowest BCUT2D eigenvalue weighted by atomic mass is 10.0. The van der Waals surface area contributed by atoms with Crippen molar-refractivity contribution in [3.05, 3.63) is 47.8 Å². The van der Waals surface area contributed by atoms with Gasteiger partial charge in [-0.2, -0.15) is 5.10 Å². The smallest absolute Gasteiger partial charge is 0.259 e. The van der Waals surface area contributed by atoms with E-state index < -0.39 is 0 Å². The van der Waals surface area contributed by atoms with E-state index in [-0.39, 0.29) is 11.8 Å². The van der Waals surface area contributed by atoms with Crippen molar-refractivity contribution in [2.75, 3.05) is 32.6 Å². The van der Waals surface area contributed by atoms with Crippen LogP contribution in [0.1, 0.15) is 22.3 Å². The molecule has 3 heterocycles. The van der Waals surface area contributed by atoms with Gasteiger partial charge in [-0.25, -0.2) is 4.68 Å². The fourth-order valence-electron chi connectivity index (χ4n) is 3.66. The third-order valence-corrected chi connectivity index (χ3v) is 5.29. The number of ether oxygens (including phenoxy) is 2. The van der Waals surface area contributed by atoms with Crippen molar-refractivity contribution in [1.29, 1.82) is 0 Å². The highest BCUT2D eigenvalue weighted by Crippen LogP contribution is 2.34. The molecule has 0 aliphatic carbocycles. The Hall–Kier alpha value is -3.75. The Morgan fingerprint density at radius 1 is 1.32 bits per heavy atom. The maximum absolute atomic E-state index is 12.6. The van der Waals surface area contributed by atoms with E-state index in [2.05, 4.69) is 15.4 Å². The van der Waals surface area contributed by atoms with Crippen LogP contribution in [0.15, 0.2) is 36.7 Å². The number of rotatable bonds is 8. The van der Waals surface area contributed by atoms with Crippen LogP contribution in [-0.4, -0.2) is 58.8 Å². The average Bonchev–Trinajstić information content (AvgIpc) is 3.47. The van der Waals surface area contributed by atoms with Gasteiger partial charge < -0.3 is 24.7 Å². The summed E-state index contributed by atoms with van der Waals surface area (Å²) in [6, 6.07) is 7.55. The number of aromatic nitrogens is 3. The molecular weight excluding hydrogens is 398 g/mol. The van der Waals surface area contributed by atoms with Gasteiger partial charge >= 0.3 is 0 Å². The Morgan fingerprint density at radius 2 is 2.16 bits per heavy atom. The second-order valence-electron chi connectivity index (χ2n) is 7.44. The summed E-state index contributed by atoms with van der Waals surface area (Å²) >= 11 is 0. The minimum Gasteiger partial charge on any atom is -0.482 e. The Kier molecular flexibility index (Phi) is 5.66. The molecule has 2 amide bonds. The van der Waals surface area contributed by atoms with Crippen molar-refractivity contribution in [3.8, 4) is 22.9 Å². The second-order valence-corrected chi connectivity index (χ2v) is 7.44. The van der Waals surface area contributed by atoms with Crippen LogP contribution in [0.2, 0.25) is 0 Å². The first-order chi connectivity index (χ1) is 15.0. The van der Waals surface area contributed by atoms with Crippen LogP contribution in [-0.2, 0) is 18.3 Å². The largest absolute Gasteiger partial charge is 0.482 e. The monoisotopic (exact) mass is 423 g/mol. The van der Waals surface area contributed by atoms with E-state index in [1.54, 1.807) is 35.1 Å². The fourth-order valence-corrected chi connectivity index (χ4v) is 3.66. The van der Waals surface area contributed by atoms with Gasteiger partial charge in [0.25, 0.3) is 5.91 Å². The predicted octanol–water partition coefficient (Wildman–Crippen LogP) is 2.46. The molecule has 1 aliphatic rings. The zero-order valence-electron chi connectivity index (χ0n) is 17.8. The summed E-state index contributed by atoms with van der Waals surface area (Å²) in [5, 5.41) is 7.17. The van der Waals surface area contributed by atoms with E-state index in [1.165, 1.54) is 7.11 Å². The number of carbonyl (C=O) groups excluding carboxylic acids is 2. The number of methoxy groups -OCH3 is 1. The molecule has 0 unspecified atom stereocenters. The van der Waals surface area contributed by atoms with Gasteiger partial charge in [-0.3, -0.25) is 9.59 Å². The van der Waals surface area contributed by atoms with Crippen molar-refractivity contribution < 1.29 is 19.1 Å². The number of aromatic amines is 1. The molecule has 2 N–H and O–H groups in total. The molecule has 3 aromatic rings. The molecule has 0 atom stereocenters. The number of nitrogens with one attached hydrogen (secondary N) is 2. The number of amides is 2. The Labute approximate surface area is 180 Å². The van der Waals surface area contributed by atoms with E-state index in [1.807, 2.05) is 25.2 Å². The zero-order valence-corrected chi connectivity index (χ0v) is 17.8. The molecule has 0 radical (unpaired) electrons. The van der Waals surface area contributed by atoms with E-state index in [9.17, 15) is 9.59 Å². The number of benzene rings is 1. The van der Waals surface area contributed by atoms with Crippen LogP contribution >= 0.6 is 0 Å². The van der Waals surface area contributed by atoms with Gasteiger partial charge in [0.15, 0.2) is 0 Å². The molecule has 31 heavy (non-hydrogen) atoms. The van der Waals surface area contributed by atoms with Gasteiger partial charge in [0.1, 0.15) is 5.56 Å². The summed E-state index contributed by atoms with van der Waals surface area (Å²) in [4.78, 5) is 28.7. The summed E-state index contributed by atoms with van der Waals surface area (Å²) in [6.45, 7) is 0.965. The minimum absolute atomic E-state index is 0.00531. The lowest BCUT2D eigenvalue weighted by Gasteiger charge is -2.17. The average molecular weight is 423 g/mol. The molecule has 9 heteroatoms. The predicted molar refractivity (Wildman–Crippen MR) is 115 cm³/mol.